The maximum Gasteiger partial charge on any atom is 0.232 e. The number of amides is 3. The number of primary amides is 1. The molecule has 0 aliphatic carbocycles. The highest BCUT2D eigenvalue weighted by atomic mass is 32.2. The van der Waals surface area contributed by atoms with Crippen molar-refractivity contribution in [3.63, 3.8) is 0 Å². The van der Waals surface area contributed by atoms with Crippen LogP contribution in [0.3, 0.4) is 0 Å². The van der Waals surface area contributed by atoms with Gasteiger partial charge in [0, 0.05) is 36.5 Å². The lowest BCUT2D eigenvalue weighted by Crippen LogP contribution is -2.42. The summed E-state index contributed by atoms with van der Waals surface area (Å²) in [6, 6.07) is 7.38. The van der Waals surface area contributed by atoms with Crippen molar-refractivity contribution in [2.75, 3.05) is 24.2 Å². The molecule has 1 aliphatic heterocycles. The molecule has 0 bridgehead atoms. The summed E-state index contributed by atoms with van der Waals surface area (Å²) in [7, 11) is 0. The molecular formula is C16H21N3O3S. The smallest absolute Gasteiger partial charge is 0.232 e. The van der Waals surface area contributed by atoms with Crippen LogP contribution in [0.1, 0.15) is 19.8 Å². The Balaban J connectivity index is 1.78. The number of nitrogens with one attached hydrogen (secondary N) is 1. The number of rotatable bonds is 5. The zero-order chi connectivity index (χ0) is 16.8. The van der Waals surface area contributed by atoms with Gasteiger partial charge in [-0.3, -0.25) is 14.4 Å². The highest BCUT2D eigenvalue weighted by Gasteiger charge is 2.25. The largest absolute Gasteiger partial charge is 0.369 e. The summed E-state index contributed by atoms with van der Waals surface area (Å²) in [5.74, 6) is -0.0525. The number of likely N-dealkylation sites (tertiary alicyclic amines) is 1. The second-order valence-corrected chi connectivity index (χ2v) is 6.60. The third-order valence-corrected chi connectivity index (χ3v) is 4.78. The van der Waals surface area contributed by atoms with E-state index < -0.39 is 0 Å². The third-order valence-electron chi connectivity index (χ3n) is 3.79. The van der Waals surface area contributed by atoms with E-state index in [-0.39, 0.29) is 23.6 Å². The highest BCUT2D eigenvalue weighted by Crippen LogP contribution is 2.22. The van der Waals surface area contributed by atoms with E-state index in [2.05, 4.69) is 5.32 Å². The SMILES string of the molecule is CC(=O)Nc1ccc(SCC(=O)N2CCC(C(N)=O)CC2)cc1. The van der Waals surface area contributed by atoms with Gasteiger partial charge in [0.25, 0.3) is 0 Å². The maximum absolute atomic E-state index is 12.2. The molecule has 1 aromatic carbocycles. The second-order valence-electron chi connectivity index (χ2n) is 5.55. The van der Waals surface area contributed by atoms with Crippen LogP contribution in [0.25, 0.3) is 0 Å². The van der Waals surface area contributed by atoms with Crippen LogP contribution in [-0.4, -0.2) is 41.5 Å². The van der Waals surface area contributed by atoms with E-state index in [1.807, 2.05) is 24.3 Å². The fraction of sp³-hybridized carbons (Fsp3) is 0.438. The van der Waals surface area contributed by atoms with Crippen LogP contribution < -0.4 is 11.1 Å². The van der Waals surface area contributed by atoms with Crippen LogP contribution >= 0.6 is 11.8 Å². The minimum absolute atomic E-state index is 0.0730. The predicted octanol–water partition coefficient (Wildman–Crippen LogP) is 1.46. The van der Waals surface area contributed by atoms with Crippen LogP contribution in [0.4, 0.5) is 5.69 Å². The van der Waals surface area contributed by atoms with Crippen molar-refractivity contribution in [2.45, 2.75) is 24.7 Å². The average Bonchev–Trinajstić information content (AvgIpc) is 2.53. The van der Waals surface area contributed by atoms with Gasteiger partial charge in [0.05, 0.1) is 5.75 Å². The van der Waals surface area contributed by atoms with Crippen molar-refractivity contribution in [2.24, 2.45) is 11.7 Å². The molecule has 1 heterocycles. The molecule has 3 amide bonds. The first kappa shape index (κ1) is 17.3. The Morgan fingerprint density at radius 3 is 2.35 bits per heavy atom. The van der Waals surface area contributed by atoms with E-state index in [1.165, 1.54) is 18.7 Å². The molecule has 2 rings (SSSR count). The van der Waals surface area contributed by atoms with Crippen molar-refractivity contribution < 1.29 is 14.4 Å². The summed E-state index contributed by atoms with van der Waals surface area (Å²) in [5.41, 5.74) is 6.03. The lowest BCUT2D eigenvalue weighted by molar-refractivity contribution is -0.132. The summed E-state index contributed by atoms with van der Waals surface area (Å²) in [6.07, 6.45) is 1.30. The third kappa shape index (κ3) is 5.28. The van der Waals surface area contributed by atoms with E-state index in [4.69, 9.17) is 5.73 Å². The Bertz CT molecular complexity index is 581. The monoisotopic (exact) mass is 335 g/mol. The highest BCUT2D eigenvalue weighted by molar-refractivity contribution is 8.00. The van der Waals surface area contributed by atoms with Gasteiger partial charge in [-0.15, -0.1) is 11.8 Å². The van der Waals surface area contributed by atoms with Crippen LogP contribution in [0, 0.1) is 5.92 Å². The van der Waals surface area contributed by atoms with Crippen molar-refractivity contribution in [1.82, 2.24) is 4.90 Å². The van der Waals surface area contributed by atoms with Crippen molar-refractivity contribution in [1.29, 1.82) is 0 Å². The van der Waals surface area contributed by atoms with E-state index in [0.717, 1.165) is 10.6 Å². The molecule has 7 heteroatoms. The van der Waals surface area contributed by atoms with Crippen LogP contribution in [0.5, 0.6) is 0 Å². The Kier molecular flexibility index (Phi) is 6.04. The summed E-state index contributed by atoms with van der Waals surface area (Å²) in [6.45, 7) is 2.64. The van der Waals surface area contributed by atoms with Gasteiger partial charge < -0.3 is 16.0 Å². The molecule has 0 saturated carbocycles. The number of nitrogens with zero attached hydrogens (tertiary/aromatic N) is 1. The molecule has 0 atom stereocenters. The first-order valence-electron chi connectivity index (χ1n) is 7.53. The molecule has 23 heavy (non-hydrogen) atoms. The van der Waals surface area contributed by atoms with E-state index >= 15 is 0 Å². The van der Waals surface area contributed by atoms with E-state index in [1.54, 1.807) is 4.90 Å². The number of piperidine rings is 1. The molecule has 3 N–H and O–H groups in total. The zero-order valence-electron chi connectivity index (χ0n) is 13.1. The first-order valence-corrected chi connectivity index (χ1v) is 8.52. The quantitative estimate of drug-likeness (QED) is 0.797. The molecule has 6 nitrogen and oxygen atoms in total. The minimum atomic E-state index is -0.272. The lowest BCUT2D eigenvalue weighted by Gasteiger charge is -2.30. The molecule has 0 spiro atoms. The fourth-order valence-electron chi connectivity index (χ4n) is 2.49. The maximum atomic E-state index is 12.2. The van der Waals surface area contributed by atoms with Gasteiger partial charge in [-0.1, -0.05) is 0 Å². The summed E-state index contributed by atoms with van der Waals surface area (Å²) in [4.78, 5) is 37.0. The van der Waals surface area contributed by atoms with E-state index in [9.17, 15) is 14.4 Å². The Morgan fingerprint density at radius 1 is 1.22 bits per heavy atom. The number of hydrogen-bond acceptors (Lipinski definition) is 4. The first-order chi connectivity index (χ1) is 11.0. The van der Waals surface area contributed by atoms with Gasteiger partial charge in [-0.05, 0) is 37.1 Å². The Hall–Kier alpha value is -2.02. The number of benzene rings is 1. The molecular weight excluding hydrogens is 314 g/mol. The fourth-order valence-corrected chi connectivity index (χ4v) is 3.29. The number of nitrogens with two attached hydrogens (primary N) is 1. The molecule has 1 fully saturated rings. The molecule has 1 saturated heterocycles. The molecule has 1 aliphatic rings. The number of anilines is 1. The molecule has 1 aromatic rings. The average molecular weight is 335 g/mol. The second kappa shape index (κ2) is 8.01. The van der Waals surface area contributed by atoms with Crippen molar-refractivity contribution in [3.05, 3.63) is 24.3 Å². The minimum Gasteiger partial charge on any atom is -0.369 e. The Morgan fingerprint density at radius 2 is 1.83 bits per heavy atom. The standard InChI is InChI=1S/C16H21N3O3S/c1-11(20)18-13-2-4-14(5-3-13)23-10-15(21)19-8-6-12(7-9-19)16(17)22/h2-5,12H,6-10H2,1H3,(H2,17,22)(H,18,20). The van der Waals surface area contributed by atoms with Gasteiger partial charge in [0.1, 0.15) is 0 Å². The lowest BCUT2D eigenvalue weighted by atomic mass is 9.96. The number of hydrogen-bond donors (Lipinski definition) is 2. The summed E-state index contributed by atoms with van der Waals surface area (Å²) in [5, 5.41) is 2.70. The Labute approximate surface area is 139 Å². The van der Waals surface area contributed by atoms with Crippen LogP contribution in [0.15, 0.2) is 29.2 Å². The topological polar surface area (TPSA) is 92.5 Å². The summed E-state index contributed by atoms with van der Waals surface area (Å²) >= 11 is 1.46. The van der Waals surface area contributed by atoms with Gasteiger partial charge in [-0.25, -0.2) is 0 Å². The van der Waals surface area contributed by atoms with Crippen LogP contribution in [0.2, 0.25) is 0 Å². The normalized spacial score (nSPS) is 15.3. The van der Waals surface area contributed by atoms with Crippen molar-refractivity contribution >= 4 is 35.2 Å². The molecule has 0 aromatic heterocycles. The number of thioether (sulfide) groups is 1. The molecule has 0 radical (unpaired) electrons. The van der Waals surface area contributed by atoms with Gasteiger partial charge in [0.2, 0.25) is 17.7 Å². The van der Waals surface area contributed by atoms with Gasteiger partial charge >= 0.3 is 0 Å². The molecule has 0 unspecified atom stereocenters. The van der Waals surface area contributed by atoms with Gasteiger partial charge in [-0.2, -0.15) is 0 Å². The zero-order valence-corrected chi connectivity index (χ0v) is 13.9. The molecule has 124 valence electrons. The number of carbonyl (C=O) groups is 3. The number of carbonyl (C=O) groups excluding carboxylic acids is 3. The van der Waals surface area contributed by atoms with Crippen molar-refractivity contribution in [3.8, 4) is 0 Å². The predicted molar refractivity (Wildman–Crippen MR) is 90.0 cm³/mol. The van der Waals surface area contributed by atoms with E-state index in [0.29, 0.717) is 31.7 Å². The van der Waals surface area contributed by atoms with Gasteiger partial charge in [0.15, 0.2) is 0 Å². The summed E-state index contributed by atoms with van der Waals surface area (Å²) < 4.78 is 0. The van der Waals surface area contributed by atoms with Crippen LogP contribution in [-0.2, 0) is 14.4 Å².